The van der Waals surface area contributed by atoms with Gasteiger partial charge in [0.2, 0.25) is 5.91 Å². The van der Waals surface area contributed by atoms with Gasteiger partial charge in [-0.25, -0.2) is 0 Å². The summed E-state index contributed by atoms with van der Waals surface area (Å²) in [6.45, 7) is 1.19. The van der Waals surface area contributed by atoms with Crippen molar-refractivity contribution in [2.45, 2.75) is 57.2 Å². The minimum atomic E-state index is -4.49. The molecule has 4 aliphatic rings. The molecule has 1 amide bonds. The summed E-state index contributed by atoms with van der Waals surface area (Å²) in [7, 11) is 0. The van der Waals surface area contributed by atoms with Crippen molar-refractivity contribution >= 4 is 22.6 Å². The van der Waals surface area contributed by atoms with Crippen LogP contribution in [-0.2, 0) is 11.0 Å². The Morgan fingerprint density at radius 2 is 1.75 bits per heavy atom. The molecule has 4 fully saturated rings. The fourth-order valence-electron chi connectivity index (χ4n) is 6.69. The summed E-state index contributed by atoms with van der Waals surface area (Å²) < 4.78 is 40.4. The van der Waals surface area contributed by atoms with Crippen LogP contribution in [0.3, 0.4) is 0 Å². The minimum absolute atomic E-state index is 0.0597. The van der Waals surface area contributed by atoms with Crippen molar-refractivity contribution in [1.29, 1.82) is 0 Å². The number of anilines is 1. The number of hydrogen-bond acceptors (Lipinski definition) is 4. The quantitative estimate of drug-likeness (QED) is 0.754. The molecule has 2 heterocycles. The first-order valence-corrected chi connectivity index (χ1v) is 11.7. The molecule has 6 rings (SSSR count). The maximum Gasteiger partial charge on any atom is 0.418 e. The van der Waals surface area contributed by atoms with Gasteiger partial charge < -0.3 is 10.2 Å². The van der Waals surface area contributed by atoms with E-state index >= 15 is 0 Å². The molecule has 1 saturated heterocycles. The Hall–Kier alpha value is -2.38. The lowest BCUT2D eigenvalue weighted by molar-refractivity contribution is -0.136. The number of fused-ring (bicyclic) bond motifs is 2. The number of alkyl halides is 3. The summed E-state index contributed by atoms with van der Waals surface area (Å²) in [6, 6.07) is 2.87. The van der Waals surface area contributed by atoms with Gasteiger partial charge in [-0.3, -0.25) is 14.8 Å². The molecule has 170 valence electrons. The molecular formula is C24H27F3N4O. The van der Waals surface area contributed by atoms with Gasteiger partial charge >= 0.3 is 6.18 Å². The fourth-order valence-corrected chi connectivity index (χ4v) is 6.69. The number of amides is 1. The molecule has 8 heteroatoms. The average molecular weight is 445 g/mol. The van der Waals surface area contributed by atoms with Crippen LogP contribution in [0.2, 0.25) is 0 Å². The molecule has 0 radical (unpaired) electrons. The van der Waals surface area contributed by atoms with Gasteiger partial charge in [0.15, 0.2) is 0 Å². The number of benzene rings is 1. The van der Waals surface area contributed by atoms with Gasteiger partial charge in [0, 0.05) is 36.9 Å². The molecule has 3 atom stereocenters. The third kappa shape index (κ3) is 3.25. The highest BCUT2D eigenvalue weighted by Gasteiger charge is 2.58. The van der Waals surface area contributed by atoms with Crippen LogP contribution in [0.1, 0.15) is 50.5 Å². The summed E-state index contributed by atoms with van der Waals surface area (Å²) in [4.78, 5) is 23.6. The van der Waals surface area contributed by atoms with Crippen LogP contribution in [0, 0.1) is 23.2 Å². The zero-order valence-electron chi connectivity index (χ0n) is 17.9. The molecule has 1 spiro atoms. The van der Waals surface area contributed by atoms with Crippen LogP contribution in [0.25, 0.3) is 11.0 Å². The van der Waals surface area contributed by atoms with Crippen LogP contribution < -0.4 is 10.2 Å². The van der Waals surface area contributed by atoms with Gasteiger partial charge in [-0.2, -0.15) is 13.2 Å². The summed E-state index contributed by atoms with van der Waals surface area (Å²) in [5, 5.41) is 3.34. The Balaban J connectivity index is 1.24. The van der Waals surface area contributed by atoms with Crippen molar-refractivity contribution in [2.75, 3.05) is 18.0 Å². The lowest BCUT2D eigenvalue weighted by Gasteiger charge is -2.22. The van der Waals surface area contributed by atoms with E-state index in [-0.39, 0.29) is 34.3 Å². The molecule has 32 heavy (non-hydrogen) atoms. The normalized spacial score (nSPS) is 30.8. The van der Waals surface area contributed by atoms with Crippen molar-refractivity contribution < 1.29 is 18.0 Å². The van der Waals surface area contributed by atoms with E-state index in [1.807, 2.05) is 0 Å². The second-order valence-electron chi connectivity index (χ2n) is 10.3. The Bertz CT molecular complexity index is 1050. The van der Waals surface area contributed by atoms with Gasteiger partial charge in [-0.1, -0.05) is 19.3 Å². The SMILES string of the molecule is O=C(NC1CC2CCCC2C1)C1CN(c2ccc(C(F)(F)F)c3nccnc23)CC12CC2. The third-order valence-electron chi connectivity index (χ3n) is 8.44. The maximum absolute atomic E-state index is 13.5. The molecule has 3 aliphatic carbocycles. The van der Waals surface area contributed by atoms with Gasteiger partial charge in [-0.05, 0) is 49.7 Å². The number of carbonyl (C=O) groups excluding carboxylic acids is 1. The highest BCUT2D eigenvalue weighted by Crippen LogP contribution is 2.57. The predicted octanol–water partition coefficient (Wildman–Crippen LogP) is 4.56. The van der Waals surface area contributed by atoms with E-state index in [0.29, 0.717) is 18.8 Å². The van der Waals surface area contributed by atoms with Crippen LogP contribution in [-0.4, -0.2) is 35.0 Å². The highest BCUT2D eigenvalue weighted by atomic mass is 19.4. The van der Waals surface area contributed by atoms with E-state index in [4.69, 9.17) is 0 Å². The van der Waals surface area contributed by atoms with Gasteiger partial charge in [0.05, 0.1) is 17.2 Å². The average Bonchev–Trinajstić information content (AvgIpc) is 3.05. The Kier molecular flexibility index (Phi) is 4.46. The van der Waals surface area contributed by atoms with Crippen molar-refractivity contribution in [3.63, 3.8) is 0 Å². The molecule has 1 aromatic carbocycles. The molecule has 1 N–H and O–H groups in total. The number of rotatable bonds is 3. The first kappa shape index (κ1) is 20.2. The molecule has 3 unspecified atom stereocenters. The van der Waals surface area contributed by atoms with Crippen LogP contribution in [0.15, 0.2) is 24.5 Å². The highest BCUT2D eigenvalue weighted by molar-refractivity contribution is 5.92. The Labute approximate surface area is 184 Å². The lowest BCUT2D eigenvalue weighted by Crippen LogP contribution is -2.41. The summed E-state index contributed by atoms with van der Waals surface area (Å²) in [6.07, 6.45) is 6.30. The lowest BCUT2D eigenvalue weighted by atomic mass is 9.91. The third-order valence-corrected chi connectivity index (χ3v) is 8.44. The number of nitrogens with one attached hydrogen (secondary N) is 1. The molecule has 0 bridgehead atoms. The minimum Gasteiger partial charge on any atom is -0.368 e. The van der Waals surface area contributed by atoms with E-state index in [1.165, 1.54) is 37.7 Å². The number of carbonyl (C=O) groups is 1. The zero-order valence-corrected chi connectivity index (χ0v) is 17.9. The molecule has 5 nitrogen and oxygen atoms in total. The topological polar surface area (TPSA) is 58.1 Å². The monoisotopic (exact) mass is 444 g/mol. The van der Waals surface area contributed by atoms with Crippen LogP contribution in [0.4, 0.5) is 18.9 Å². The van der Waals surface area contributed by atoms with Crippen LogP contribution >= 0.6 is 0 Å². The molecule has 3 saturated carbocycles. The maximum atomic E-state index is 13.5. The Morgan fingerprint density at radius 3 is 2.41 bits per heavy atom. The predicted molar refractivity (Wildman–Crippen MR) is 114 cm³/mol. The number of nitrogens with zero attached hydrogens (tertiary/aromatic N) is 3. The fraction of sp³-hybridized carbons (Fsp3) is 0.625. The molecule has 2 aromatic rings. The van der Waals surface area contributed by atoms with Crippen molar-refractivity contribution in [3.05, 3.63) is 30.1 Å². The smallest absolute Gasteiger partial charge is 0.368 e. The second-order valence-corrected chi connectivity index (χ2v) is 10.3. The first-order chi connectivity index (χ1) is 15.3. The van der Waals surface area contributed by atoms with Gasteiger partial charge in [0.25, 0.3) is 0 Å². The van der Waals surface area contributed by atoms with Crippen molar-refractivity contribution in [2.24, 2.45) is 23.2 Å². The number of aromatic nitrogens is 2. The van der Waals surface area contributed by atoms with Gasteiger partial charge in [0.1, 0.15) is 11.0 Å². The van der Waals surface area contributed by atoms with Gasteiger partial charge in [-0.15, -0.1) is 0 Å². The van der Waals surface area contributed by atoms with E-state index in [9.17, 15) is 18.0 Å². The van der Waals surface area contributed by atoms with Crippen molar-refractivity contribution in [3.8, 4) is 0 Å². The van der Waals surface area contributed by atoms with Crippen LogP contribution in [0.5, 0.6) is 0 Å². The Morgan fingerprint density at radius 1 is 1.06 bits per heavy atom. The zero-order chi connectivity index (χ0) is 22.1. The number of hydrogen-bond donors (Lipinski definition) is 1. The second kappa shape index (κ2) is 7.06. The molecular weight excluding hydrogens is 417 g/mol. The summed E-state index contributed by atoms with van der Waals surface area (Å²) in [5.41, 5.74) is -0.0742. The standard InChI is InChI=1S/C24H27F3N4O/c25-24(26,27)17-4-5-19(21-20(17)28-8-9-29-21)31-12-18(23(13-31)6-7-23)22(32)30-16-10-14-2-1-3-15(14)11-16/h4-5,8-9,14-16,18H,1-3,6-7,10-13H2,(H,30,32). The summed E-state index contributed by atoms with van der Waals surface area (Å²) >= 11 is 0. The first-order valence-electron chi connectivity index (χ1n) is 11.7. The molecule has 1 aromatic heterocycles. The van der Waals surface area contributed by atoms with E-state index in [1.54, 1.807) is 0 Å². The summed E-state index contributed by atoms with van der Waals surface area (Å²) in [5.74, 6) is 1.54. The number of halogens is 3. The molecule has 1 aliphatic heterocycles. The van der Waals surface area contributed by atoms with E-state index in [2.05, 4.69) is 20.2 Å². The largest absolute Gasteiger partial charge is 0.418 e. The van der Waals surface area contributed by atoms with E-state index in [0.717, 1.165) is 43.6 Å². The van der Waals surface area contributed by atoms with Crippen molar-refractivity contribution in [1.82, 2.24) is 15.3 Å². The van der Waals surface area contributed by atoms with E-state index < -0.39 is 11.7 Å².